The van der Waals surface area contributed by atoms with E-state index in [4.69, 9.17) is 5.02 Å². The Kier molecular flexibility index (Phi) is 5.20. The minimum absolute atomic E-state index is 0. The molecule has 0 aromatic carbocycles. The quantitative estimate of drug-likeness (QED) is 0.399. The van der Waals surface area contributed by atoms with Gasteiger partial charge in [-0.25, -0.2) is 0 Å². The second-order valence-corrected chi connectivity index (χ2v) is 2.61. The summed E-state index contributed by atoms with van der Waals surface area (Å²) < 4.78 is 0. The molecule has 2 N–H and O–H groups in total. The Bertz CT molecular complexity index is 104. The molecule has 0 spiro atoms. The second kappa shape index (κ2) is 4.75. The first-order valence-electron chi connectivity index (χ1n) is 3.26. The van der Waals surface area contributed by atoms with Crippen molar-refractivity contribution in [3.05, 3.63) is 0 Å². The standard InChI is InChI=1S/C5H11BNO2.Na/c1-6(9)7-5-2-4(5)3-8;/h4-5,7,9H,2-3H2,1H3;/q-1;+1. The molecule has 1 saturated carbocycles. The van der Waals surface area contributed by atoms with E-state index in [0.29, 0.717) is 6.04 Å². The van der Waals surface area contributed by atoms with Crippen LogP contribution >= 0.6 is 0 Å². The van der Waals surface area contributed by atoms with Gasteiger partial charge in [0, 0.05) is 6.04 Å². The Labute approximate surface area is 83.6 Å². The molecule has 1 aliphatic carbocycles. The van der Waals surface area contributed by atoms with Crippen molar-refractivity contribution in [1.29, 1.82) is 0 Å². The van der Waals surface area contributed by atoms with E-state index in [9.17, 15) is 5.11 Å². The largest absolute Gasteiger partial charge is 1.00 e. The summed E-state index contributed by atoms with van der Waals surface area (Å²) in [6.07, 6.45) is 0.939. The van der Waals surface area contributed by atoms with E-state index >= 15 is 0 Å². The van der Waals surface area contributed by atoms with Crippen LogP contribution in [0.4, 0.5) is 0 Å². The fraction of sp³-hybridized carbons (Fsp3) is 1.00. The number of hydrogen-bond acceptors (Lipinski definition) is 3. The summed E-state index contributed by atoms with van der Waals surface area (Å²) in [5, 5.41) is 21.8. The minimum atomic E-state index is -0.466. The van der Waals surface area contributed by atoms with Crippen molar-refractivity contribution in [2.45, 2.75) is 19.3 Å². The van der Waals surface area contributed by atoms with Gasteiger partial charge in [-0.05, 0) is 19.2 Å². The first-order valence-corrected chi connectivity index (χ1v) is 3.26. The zero-order valence-corrected chi connectivity index (χ0v) is 8.50. The van der Waals surface area contributed by atoms with Gasteiger partial charge in [0.15, 0.2) is 0 Å². The minimum Gasteiger partial charge on any atom is -0.854 e. The van der Waals surface area contributed by atoms with Gasteiger partial charge < -0.3 is 15.4 Å². The third kappa shape index (κ3) is 3.37. The Hall–Kier alpha value is 0.945. The Balaban J connectivity index is 0.000000810. The van der Waals surface area contributed by atoms with Crippen molar-refractivity contribution in [2.24, 2.45) is 5.92 Å². The van der Waals surface area contributed by atoms with Crippen LogP contribution < -0.4 is 39.9 Å². The smallest absolute Gasteiger partial charge is 0.854 e. The molecule has 1 rings (SSSR count). The molecule has 0 radical (unpaired) electrons. The molecule has 0 bridgehead atoms. The molecule has 2 unspecified atom stereocenters. The van der Waals surface area contributed by atoms with Crippen molar-refractivity contribution in [3.8, 4) is 0 Å². The summed E-state index contributed by atoms with van der Waals surface area (Å²) in [6.45, 7) is 1.66. The fourth-order valence-corrected chi connectivity index (χ4v) is 0.946. The average Bonchev–Trinajstić information content (AvgIpc) is 2.45. The van der Waals surface area contributed by atoms with E-state index in [0.717, 1.165) is 6.42 Å². The van der Waals surface area contributed by atoms with Crippen LogP contribution in [0.15, 0.2) is 0 Å². The van der Waals surface area contributed by atoms with E-state index in [1.165, 1.54) is 0 Å². The molecule has 0 heterocycles. The molecule has 0 aromatic heterocycles. The van der Waals surface area contributed by atoms with Gasteiger partial charge in [-0.3, -0.25) is 0 Å². The zero-order valence-electron chi connectivity index (χ0n) is 6.50. The van der Waals surface area contributed by atoms with Crippen molar-refractivity contribution < 1.29 is 39.7 Å². The topological polar surface area (TPSA) is 55.3 Å². The van der Waals surface area contributed by atoms with Crippen LogP contribution in [-0.2, 0) is 0 Å². The van der Waals surface area contributed by atoms with Crippen molar-refractivity contribution in [2.75, 3.05) is 6.61 Å². The van der Waals surface area contributed by atoms with Crippen LogP contribution in [0.3, 0.4) is 0 Å². The van der Waals surface area contributed by atoms with Gasteiger partial charge in [0.2, 0.25) is 0 Å². The molecule has 3 nitrogen and oxygen atoms in total. The molecule has 0 aliphatic heterocycles. The Morgan fingerprint density at radius 1 is 1.80 bits per heavy atom. The SMILES string of the molecule is CB(O)NC1CC1C[O-].[Na+]. The molecule has 10 heavy (non-hydrogen) atoms. The predicted octanol–water partition coefficient (Wildman–Crippen LogP) is -4.56. The summed E-state index contributed by atoms with van der Waals surface area (Å²) in [7, 11) is -0.466. The van der Waals surface area contributed by atoms with Crippen LogP contribution in [0, 0.1) is 5.92 Å². The average molecular weight is 151 g/mol. The Morgan fingerprint density at radius 3 is 2.70 bits per heavy atom. The maximum absolute atomic E-state index is 10.2. The normalized spacial score (nSPS) is 29.1. The predicted molar refractivity (Wildman–Crippen MR) is 33.7 cm³/mol. The molecule has 2 atom stereocenters. The first-order chi connectivity index (χ1) is 4.24. The summed E-state index contributed by atoms with van der Waals surface area (Å²) in [4.78, 5) is 0. The number of hydrogen-bond donors (Lipinski definition) is 2. The van der Waals surface area contributed by atoms with E-state index < -0.39 is 7.05 Å². The maximum atomic E-state index is 10.2. The molecule has 52 valence electrons. The van der Waals surface area contributed by atoms with Gasteiger partial charge in [0.1, 0.15) is 0 Å². The van der Waals surface area contributed by atoms with Crippen molar-refractivity contribution >= 4 is 7.05 Å². The fourth-order valence-electron chi connectivity index (χ4n) is 0.946. The molecule has 1 fully saturated rings. The van der Waals surface area contributed by atoms with E-state index in [1.54, 1.807) is 6.82 Å². The van der Waals surface area contributed by atoms with Crippen LogP contribution in [0.25, 0.3) is 0 Å². The van der Waals surface area contributed by atoms with E-state index in [-0.39, 0.29) is 42.1 Å². The van der Waals surface area contributed by atoms with Gasteiger partial charge >= 0.3 is 36.6 Å². The molecular weight excluding hydrogens is 140 g/mol. The molecule has 0 saturated heterocycles. The number of rotatable bonds is 3. The monoisotopic (exact) mass is 151 g/mol. The Morgan fingerprint density at radius 2 is 2.40 bits per heavy atom. The third-order valence-electron chi connectivity index (χ3n) is 1.59. The summed E-state index contributed by atoms with van der Waals surface area (Å²) in [6, 6.07) is 0.294. The van der Waals surface area contributed by atoms with Crippen LogP contribution in [0.2, 0.25) is 6.82 Å². The molecule has 0 amide bonds. The summed E-state index contributed by atoms with van der Waals surface area (Å²) in [5.41, 5.74) is 0. The zero-order chi connectivity index (χ0) is 6.85. The van der Waals surface area contributed by atoms with Crippen LogP contribution in [-0.4, -0.2) is 24.7 Å². The molecule has 1 aliphatic rings. The molecule has 5 heteroatoms. The maximum Gasteiger partial charge on any atom is 1.00 e. The van der Waals surface area contributed by atoms with E-state index in [2.05, 4.69) is 5.23 Å². The first kappa shape index (κ1) is 10.9. The summed E-state index contributed by atoms with van der Waals surface area (Å²) in [5.74, 6) is 0.277. The second-order valence-electron chi connectivity index (χ2n) is 2.61. The van der Waals surface area contributed by atoms with Crippen molar-refractivity contribution in [3.63, 3.8) is 0 Å². The van der Waals surface area contributed by atoms with Crippen LogP contribution in [0.5, 0.6) is 0 Å². The van der Waals surface area contributed by atoms with Gasteiger partial charge in [0.05, 0.1) is 0 Å². The van der Waals surface area contributed by atoms with Crippen molar-refractivity contribution in [1.82, 2.24) is 5.23 Å². The van der Waals surface area contributed by atoms with E-state index in [1.807, 2.05) is 0 Å². The molecular formula is C5H11BNNaO2. The van der Waals surface area contributed by atoms with Gasteiger partial charge in [-0.15, -0.1) is 6.61 Å². The van der Waals surface area contributed by atoms with Gasteiger partial charge in [-0.2, -0.15) is 0 Å². The van der Waals surface area contributed by atoms with Gasteiger partial charge in [-0.1, -0.05) is 0 Å². The van der Waals surface area contributed by atoms with Crippen LogP contribution in [0.1, 0.15) is 6.42 Å². The molecule has 0 aromatic rings. The number of nitrogens with one attached hydrogen (secondary N) is 1. The summed E-state index contributed by atoms with van der Waals surface area (Å²) >= 11 is 0. The van der Waals surface area contributed by atoms with Gasteiger partial charge in [0.25, 0.3) is 0 Å². The third-order valence-corrected chi connectivity index (χ3v) is 1.59.